The number of hydrogen-bond acceptors (Lipinski definition) is 4. The molecule has 1 aromatic rings. The monoisotopic (exact) mass is 251 g/mol. The van der Waals surface area contributed by atoms with Crippen molar-refractivity contribution in [3.05, 3.63) is 11.8 Å². The van der Waals surface area contributed by atoms with Crippen LogP contribution in [0.2, 0.25) is 0 Å². The second kappa shape index (κ2) is 5.39. The second-order valence-corrected chi connectivity index (χ2v) is 4.83. The highest BCUT2D eigenvalue weighted by Crippen LogP contribution is 2.07. The third-order valence-corrected chi connectivity index (χ3v) is 3.39. The quantitative estimate of drug-likeness (QED) is 0.816. The first kappa shape index (κ1) is 12.9. The Morgan fingerprint density at radius 2 is 2.00 bits per heavy atom. The summed E-state index contributed by atoms with van der Waals surface area (Å²) in [4.78, 5) is 16.1. The van der Waals surface area contributed by atoms with Crippen LogP contribution >= 0.6 is 0 Å². The molecule has 0 aromatic carbocycles. The number of piperazine rings is 1. The van der Waals surface area contributed by atoms with E-state index in [1.54, 1.807) is 4.68 Å². The smallest absolute Gasteiger partial charge is 0.242 e. The Morgan fingerprint density at radius 3 is 2.56 bits per heavy atom. The van der Waals surface area contributed by atoms with Gasteiger partial charge in [0, 0.05) is 45.0 Å². The number of carbonyl (C=O) groups is 1. The van der Waals surface area contributed by atoms with Crippen molar-refractivity contribution in [1.82, 2.24) is 19.6 Å². The fourth-order valence-electron chi connectivity index (χ4n) is 1.98. The molecule has 0 unspecified atom stereocenters. The molecular weight excluding hydrogens is 230 g/mol. The average molecular weight is 251 g/mol. The number of amides is 1. The summed E-state index contributed by atoms with van der Waals surface area (Å²) in [6, 6.07) is 1.94. The van der Waals surface area contributed by atoms with E-state index in [0.29, 0.717) is 6.54 Å². The van der Waals surface area contributed by atoms with Crippen molar-refractivity contribution < 1.29 is 4.79 Å². The van der Waals surface area contributed by atoms with Crippen molar-refractivity contribution in [3.8, 4) is 0 Å². The van der Waals surface area contributed by atoms with Gasteiger partial charge in [-0.1, -0.05) is 0 Å². The van der Waals surface area contributed by atoms with E-state index < -0.39 is 0 Å². The summed E-state index contributed by atoms with van der Waals surface area (Å²) in [6.45, 7) is 5.85. The summed E-state index contributed by atoms with van der Waals surface area (Å²) in [5.41, 5.74) is 1.07. The van der Waals surface area contributed by atoms with Crippen LogP contribution in [0, 0.1) is 6.92 Å². The van der Waals surface area contributed by atoms with Crippen molar-refractivity contribution in [2.75, 3.05) is 45.1 Å². The highest BCUT2D eigenvalue weighted by Gasteiger charge is 2.18. The minimum absolute atomic E-state index is 0.145. The summed E-state index contributed by atoms with van der Waals surface area (Å²) < 4.78 is 1.79. The molecule has 1 aliphatic heterocycles. The Balaban J connectivity index is 1.81. The maximum Gasteiger partial charge on any atom is 0.242 e. The number of anilines is 1. The van der Waals surface area contributed by atoms with E-state index in [9.17, 15) is 4.79 Å². The molecule has 1 amide bonds. The molecule has 0 aliphatic carbocycles. The van der Waals surface area contributed by atoms with Gasteiger partial charge in [0.1, 0.15) is 5.82 Å². The van der Waals surface area contributed by atoms with Gasteiger partial charge >= 0.3 is 0 Å². The Bertz CT molecular complexity index is 401. The Kier molecular flexibility index (Phi) is 3.86. The predicted molar refractivity (Wildman–Crippen MR) is 70.5 cm³/mol. The van der Waals surface area contributed by atoms with Gasteiger partial charge in [0.2, 0.25) is 5.91 Å². The predicted octanol–water partition coefficient (Wildman–Crippen LogP) is -0.0856. The summed E-state index contributed by atoms with van der Waals surface area (Å²) >= 11 is 0. The number of rotatable bonds is 3. The Labute approximate surface area is 108 Å². The highest BCUT2D eigenvalue weighted by atomic mass is 16.2. The molecule has 1 fully saturated rings. The minimum atomic E-state index is 0.145. The molecule has 2 rings (SSSR count). The normalized spacial score (nSPS) is 16.9. The van der Waals surface area contributed by atoms with Gasteiger partial charge in [-0.05, 0) is 14.0 Å². The second-order valence-electron chi connectivity index (χ2n) is 4.83. The van der Waals surface area contributed by atoms with Crippen molar-refractivity contribution >= 4 is 11.7 Å². The van der Waals surface area contributed by atoms with Gasteiger partial charge in [-0.2, -0.15) is 5.10 Å². The van der Waals surface area contributed by atoms with Crippen LogP contribution in [0.1, 0.15) is 5.69 Å². The first-order chi connectivity index (χ1) is 8.56. The summed E-state index contributed by atoms with van der Waals surface area (Å²) in [5, 5.41) is 7.34. The standard InChI is InChI=1S/C12H21N5O/c1-10-8-11(14-16(10)3)13-9-12(18)17-6-4-15(2)5-7-17/h8H,4-7,9H2,1-3H3,(H,13,14). The molecule has 2 heterocycles. The van der Waals surface area contributed by atoms with Crippen molar-refractivity contribution in [2.45, 2.75) is 6.92 Å². The van der Waals surface area contributed by atoms with Crippen molar-refractivity contribution in [2.24, 2.45) is 7.05 Å². The zero-order valence-electron chi connectivity index (χ0n) is 11.3. The third kappa shape index (κ3) is 3.01. The molecular formula is C12H21N5O. The first-order valence-electron chi connectivity index (χ1n) is 6.27. The number of carbonyl (C=O) groups excluding carboxylic acids is 1. The van der Waals surface area contributed by atoms with Crippen LogP contribution < -0.4 is 5.32 Å². The van der Waals surface area contributed by atoms with Crippen LogP contribution in [0.4, 0.5) is 5.82 Å². The van der Waals surface area contributed by atoms with Crippen LogP contribution in [-0.4, -0.2) is 65.3 Å². The van der Waals surface area contributed by atoms with Gasteiger partial charge in [-0.3, -0.25) is 9.48 Å². The lowest BCUT2D eigenvalue weighted by atomic mass is 10.3. The van der Waals surface area contributed by atoms with Gasteiger partial charge < -0.3 is 15.1 Å². The van der Waals surface area contributed by atoms with E-state index in [4.69, 9.17) is 0 Å². The van der Waals surface area contributed by atoms with E-state index in [0.717, 1.165) is 37.7 Å². The minimum Gasteiger partial charge on any atom is -0.360 e. The van der Waals surface area contributed by atoms with Crippen molar-refractivity contribution in [3.63, 3.8) is 0 Å². The number of aromatic nitrogens is 2. The molecule has 18 heavy (non-hydrogen) atoms. The van der Waals surface area contributed by atoms with Gasteiger partial charge in [-0.15, -0.1) is 0 Å². The summed E-state index contributed by atoms with van der Waals surface area (Å²) in [7, 11) is 3.97. The SMILES string of the molecule is Cc1cc(NCC(=O)N2CCN(C)CC2)nn1C. The summed E-state index contributed by atoms with van der Waals surface area (Å²) in [5.74, 6) is 0.906. The first-order valence-corrected chi connectivity index (χ1v) is 6.27. The summed E-state index contributed by atoms with van der Waals surface area (Å²) in [6.07, 6.45) is 0. The van der Waals surface area contributed by atoms with Crippen LogP contribution in [0.25, 0.3) is 0 Å². The molecule has 1 saturated heterocycles. The fraction of sp³-hybridized carbons (Fsp3) is 0.667. The largest absolute Gasteiger partial charge is 0.360 e. The molecule has 0 saturated carbocycles. The van der Waals surface area contributed by atoms with Gasteiger partial charge in [0.25, 0.3) is 0 Å². The van der Waals surface area contributed by atoms with E-state index in [1.807, 2.05) is 24.9 Å². The highest BCUT2D eigenvalue weighted by molar-refractivity contribution is 5.80. The molecule has 100 valence electrons. The maximum atomic E-state index is 12.0. The lowest BCUT2D eigenvalue weighted by molar-refractivity contribution is -0.130. The molecule has 1 aromatic heterocycles. The number of nitrogens with one attached hydrogen (secondary N) is 1. The van der Waals surface area contributed by atoms with Gasteiger partial charge in [-0.25, -0.2) is 0 Å². The zero-order valence-corrected chi connectivity index (χ0v) is 11.3. The number of nitrogens with zero attached hydrogens (tertiary/aromatic N) is 4. The molecule has 0 atom stereocenters. The van der Waals surface area contributed by atoms with E-state index in [-0.39, 0.29) is 5.91 Å². The van der Waals surface area contributed by atoms with E-state index >= 15 is 0 Å². The van der Waals surface area contributed by atoms with E-state index in [2.05, 4.69) is 22.4 Å². The zero-order chi connectivity index (χ0) is 13.1. The number of likely N-dealkylation sites (N-methyl/N-ethyl adjacent to an activating group) is 1. The fourth-order valence-corrected chi connectivity index (χ4v) is 1.98. The topological polar surface area (TPSA) is 53.4 Å². The molecule has 1 aliphatic rings. The molecule has 0 spiro atoms. The van der Waals surface area contributed by atoms with Crippen LogP contribution in [0.3, 0.4) is 0 Å². The third-order valence-electron chi connectivity index (χ3n) is 3.39. The molecule has 0 radical (unpaired) electrons. The number of aryl methyl sites for hydroxylation is 2. The maximum absolute atomic E-state index is 12.0. The van der Waals surface area contributed by atoms with E-state index in [1.165, 1.54) is 0 Å². The number of hydrogen-bond donors (Lipinski definition) is 1. The van der Waals surface area contributed by atoms with Crippen molar-refractivity contribution in [1.29, 1.82) is 0 Å². The molecule has 6 heteroatoms. The lowest BCUT2D eigenvalue weighted by Crippen LogP contribution is -2.48. The molecule has 0 bridgehead atoms. The van der Waals surface area contributed by atoms with Gasteiger partial charge in [0.05, 0.1) is 6.54 Å². The van der Waals surface area contributed by atoms with Crippen LogP contribution in [-0.2, 0) is 11.8 Å². The lowest BCUT2D eigenvalue weighted by Gasteiger charge is -2.32. The molecule has 6 nitrogen and oxygen atoms in total. The van der Waals surface area contributed by atoms with Gasteiger partial charge in [0.15, 0.2) is 0 Å². The Hall–Kier alpha value is -1.56. The Morgan fingerprint density at radius 1 is 1.33 bits per heavy atom. The molecule has 1 N–H and O–H groups in total. The van der Waals surface area contributed by atoms with Crippen LogP contribution in [0.15, 0.2) is 6.07 Å². The average Bonchev–Trinajstić information content (AvgIpc) is 2.67. The van der Waals surface area contributed by atoms with Crippen LogP contribution in [0.5, 0.6) is 0 Å².